The largest absolute Gasteiger partial charge is 0.376 e. The molecule has 0 spiro atoms. The highest BCUT2D eigenvalue weighted by Gasteiger charge is 2.17. The first-order valence-corrected chi connectivity index (χ1v) is 7.24. The molecule has 1 saturated heterocycles. The Labute approximate surface area is 119 Å². The first-order chi connectivity index (χ1) is 9.54. The number of nitrogens with two attached hydrogens (primary N) is 1. The number of anilines is 1. The fourth-order valence-corrected chi connectivity index (χ4v) is 2.19. The van der Waals surface area contributed by atoms with Crippen molar-refractivity contribution in [3.8, 4) is 0 Å². The molecular formula is C14H24N4O2. The topological polar surface area (TPSA) is 82.2 Å². The highest BCUT2D eigenvalue weighted by Crippen LogP contribution is 2.15. The third-order valence-corrected chi connectivity index (χ3v) is 3.61. The number of hydrogen-bond acceptors (Lipinski definition) is 4. The molecule has 2 rings (SSSR count). The fraction of sp³-hybridized carbons (Fsp3) is 0.714. The van der Waals surface area contributed by atoms with E-state index in [1.807, 2.05) is 24.7 Å². The second-order valence-electron chi connectivity index (χ2n) is 5.75. The van der Waals surface area contributed by atoms with Crippen molar-refractivity contribution in [2.24, 2.45) is 11.7 Å². The summed E-state index contributed by atoms with van der Waals surface area (Å²) >= 11 is 0. The summed E-state index contributed by atoms with van der Waals surface area (Å²) in [7, 11) is 0. The molecule has 0 aromatic carbocycles. The molecular weight excluding hydrogens is 256 g/mol. The Balaban J connectivity index is 1.81. The van der Waals surface area contributed by atoms with Crippen LogP contribution in [0.25, 0.3) is 0 Å². The number of hydrogen-bond donors (Lipinski definition) is 2. The average Bonchev–Trinajstić information content (AvgIpc) is 3.01. The van der Waals surface area contributed by atoms with E-state index in [0.717, 1.165) is 26.0 Å². The van der Waals surface area contributed by atoms with Crippen molar-refractivity contribution in [1.82, 2.24) is 9.78 Å². The van der Waals surface area contributed by atoms with Crippen molar-refractivity contribution < 1.29 is 9.53 Å². The van der Waals surface area contributed by atoms with Crippen LogP contribution in [0.15, 0.2) is 12.4 Å². The van der Waals surface area contributed by atoms with Gasteiger partial charge in [-0.25, -0.2) is 0 Å². The van der Waals surface area contributed by atoms with Gasteiger partial charge in [0.2, 0.25) is 5.91 Å². The number of carbonyl (C=O) groups is 1. The zero-order valence-electron chi connectivity index (χ0n) is 12.2. The van der Waals surface area contributed by atoms with Crippen LogP contribution in [-0.2, 0) is 16.1 Å². The first-order valence-electron chi connectivity index (χ1n) is 7.24. The summed E-state index contributed by atoms with van der Waals surface area (Å²) in [5.41, 5.74) is 6.60. The number of carbonyl (C=O) groups excluding carboxylic acids is 1. The number of nitrogens with one attached hydrogen (secondary N) is 1. The molecule has 3 N–H and O–H groups in total. The minimum Gasteiger partial charge on any atom is -0.376 e. The molecule has 0 saturated carbocycles. The van der Waals surface area contributed by atoms with Gasteiger partial charge in [0, 0.05) is 25.3 Å². The van der Waals surface area contributed by atoms with Gasteiger partial charge in [0.25, 0.3) is 0 Å². The molecule has 112 valence electrons. The summed E-state index contributed by atoms with van der Waals surface area (Å²) in [6.07, 6.45) is 6.25. The van der Waals surface area contributed by atoms with Gasteiger partial charge in [-0.15, -0.1) is 0 Å². The van der Waals surface area contributed by atoms with E-state index in [2.05, 4.69) is 10.4 Å². The molecule has 0 aliphatic carbocycles. The van der Waals surface area contributed by atoms with Crippen LogP contribution in [0.2, 0.25) is 0 Å². The zero-order chi connectivity index (χ0) is 14.5. The minimum absolute atomic E-state index is 0.0668. The highest BCUT2D eigenvalue weighted by molar-refractivity contribution is 5.90. The summed E-state index contributed by atoms with van der Waals surface area (Å²) in [4.78, 5) is 11.8. The van der Waals surface area contributed by atoms with E-state index in [0.29, 0.717) is 18.0 Å². The van der Waals surface area contributed by atoms with Gasteiger partial charge in [0.05, 0.1) is 24.5 Å². The second kappa shape index (κ2) is 6.85. The van der Waals surface area contributed by atoms with E-state index >= 15 is 0 Å². The van der Waals surface area contributed by atoms with Crippen LogP contribution in [0.1, 0.15) is 33.1 Å². The quantitative estimate of drug-likeness (QED) is 0.824. The molecule has 1 aliphatic heterocycles. The van der Waals surface area contributed by atoms with Crippen LogP contribution in [0.4, 0.5) is 5.69 Å². The Morgan fingerprint density at radius 2 is 2.45 bits per heavy atom. The molecule has 20 heavy (non-hydrogen) atoms. The molecule has 0 bridgehead atoms. The van der Waals surface area contributed by atoms with E-state index < -0.39 is 0 Å². The van der Waals surface area contributed by atoms with Crippen LogP contribution in [0.5, 0.6) is 0 Å². The summed E-state index contributed by atoms with van der Waals surface area (Å²) in [5, 5.41) is 7.07. The Morgan fingerprint density at radius 3 is 3.10 bits per heavy atom. The number of rotatable bonds is 6. The SMILES string of the molecule is CC(C)C(N)CC(=O)Nc1cnn(CC2CCCO2)c1. The molecule has 1 amide bonds. The molecule has 2 unspecified atom stereocenters. The van der Waals surface area contributed by atoms with E-state index in [1.165, 1.54) is 0 Å². The maximum Gasteiger partial charge on any atom is 0.226 e. The molecule has 1 aromatic rings. The number of nitrogens with zero attached hydrogens (tertiary/aromatic N) is 2. The Kier molecular flexibility index (Phi) is 5.14. The Bertz CT molecular complexity index is 438. The van der Waals surface area contributed by atoms with E-state index in [1.54, 1.807) is 6.20 Å². The number of amides is 1. The van der Waals surface area contributed by atoms with Gasteiger partial charge in [-0.3, -0.25) is 9.48 Å². The van der Waals surface area contributed by atoms with Crippen LogP contribution in [-0.4, -0.2) is 34.4 Å². The normalized spacial score (nSPS) is 20.3. The van der Waals surface area contributed by atoms with Gasteiger partial charge in [-0.1, -0.05) is 13.8 Å². The first kappa shape index (κ1) is 15.0. The average molecular weight is 280 g/mol. The summed E-state index contributed by atoms with van der Waals surface area (Å²) < 4.78 is 7.37. The number of ether oxygens (including phenoxy) is 1. The van der Waals surface area contributed by atoms with E-state index in [9.17, 15) is 4.79 Å². The van der Waals surface area contributed by atoms with Gasteiger partial charge >= 0.3 is 0 Å². The smallest absolute Gasteiger partial charge is 0.226 e. The minimum atomic E-state index is -0.114. The summed E-state index contributed by atoms with van der Waals surface area (Å²) in [6, 6.07) is -0.114. The molecule has 2 heterocycles. The van der Waals surface area contributed by atoms with Gasteiger partial charge in [0.15, 0.2) is 0 Å². The lowest BCUT2D eigenvalue weighted by Gasteiger charge is -2.14. The highest BCUT2D eigenvalue weighted by atomic mass is 16.5. The summed E-state index contributed by atoms with van der Waals surface area (Å²) in [5.74, 6) is 0.228. The van der Waals surface area contributed by atoms with Gasteiger partial charge in [-0.05, 0) is 18.8 Å². The molecule has 1 fully saturated rings. The van der Waals surface area contributed by atoms with Crippen molar-refractivity contribution in [3.63, 3.8) is 0 Å². The van der Waals surface area contributed by atoms with E-state index in [-0.39, 0.29) is 18.1 Å². The molecule has 1 aromatic heterocycles. The van der Waals surface area contributed by atoms with Crippen LogP contribution >= 0.6 is 0 Å². The lowest BCUT2D eigenvalue weighted by molar-refractivity contribution is -0.116. The van der Waals surface area contributed by atoms with E-state index in [4.69, 9.17) is 10.5 Å². The van der Waals surface area contributed by atoms with Crippen molar-refractivity contribution in [3.05, 3.63) is 12.4 Å². The maximum absolute atomic E-state index is 11.8. The lowest BCUT2D eigenvalue weighted by atomic mass is 10.0. The van der Waals surface area contributed by atoms with Gasteiger partial charge in [0.1, 0.15) is 0 Å². The summed E-state index contributed by atoms with van der Waals surface area (Å²) in [6.45, 7) is 5.60. The standard InChI is InChI=1S/C14H24N4O2/c1-10(2)13(15)6-14(19)17-11-7-16-18(8-11)9-12-4-3-5-20-12/h7-8,10,12-13H,3-6,9,15H2,1-2H3,(H,17,19). The predicted molar refractivity (Wildman–Crippen MR) is 77.3 cm³/mol. The molecule has 6 heteroatoms. The van der Waals surface area contributed by atoms with Crippen molar-refractivity contribution in [2.45, 2.75) is 51.8 Å². The third-order valence-electron chi connectivity index (χ3n) is 3.61. The second-order valence-corrected chi connectivity index (χ2v) is 5.75. The number of aromatic nitrogens is 2. The molecule has 0 radical (unpaired) electrons. The monoisotopic (exact) mass is 280 g/mol. The molecule has 6 nitrogen and oxygen atoms in total. The van der Waals surface area contributed by atoms with Gasteiger partial charge < -0.3 is 15.8 Å². The van der Waals surface area contributed by atoms with Crippen LogP contribution in [0.3, 0.4) is 0 Å². The van der Waals surface area contributed by atoms with Crippen molar-refractivity contribution >= 4 is 11.6 Å². The van der Waals surface area contributed by atoms with Crippen molar-refractivity contribution in [1.29, 1.82) is 0 Å². The Hall–Kier alpha value is -1.40. The predicted octanol–water partition coefficient (Wildman–Crippen LogP) is 1.37. The third kappa shape index (κ3) is 4.31. The van der Waals surface area contributed by atoms with Crippen LogP contribution in [0, 0.1) is 5.92 Å². The zero-order valence-corrected chi connectivity index (χ0v) is 12.2. The maximum atomic E-state index is 11.8. The van der Waals surface area contributed by atoms with Crippen molar-refractivity contribution in [2.75, 3.05) is 11.9 Å². The fourth-order valence-electron chi connectivity index (χ4n) is 2.19. The Morgan fingerprint density at radius 1 is 1.65 bits per heavy atom. The lowest BCUT2D eigenvalue weighted by Crippen LogP contribution is -2.31. The molecule has 2 atom stereocenters. The molecule has 1 aliphatic rings. The van der Waals surface area contributed by atoms with Gasteiger partial charge in [-0.2, -0.15) is 5.10 Å². The van der Waals surface area contributed by atoms with Crippen LogP contribution < -0.4 is 11.1 Å².